The molecule has 2 heterocycles. The van der Waals surface area contributed by atoms with Gasteiger partial charge in [0, 0.05) is 18.7 Å². The quantitative estimate of drug-likeness (QED) is 0.607. The van der Waals surface area contributed by atoms with E-state index in [1.54, 1.807) is 24.4 Å². The monoisotopic (exact) mass is 421 g/mol. The minimum absolute atomic E-state index is 0.230. The molecule has 1 aliphatic heterocycles. The summed E-state index contributed by atoms with van der Waals surface area (Å²) in [5.74, 6) is -0.0456. The van der Waals surface area contributed by atoms with E-state index < -0.39 is 0 Å². The number of carbonyl (C=O) groups excluding carboxylic acids is 1. The van der Waals surface area contributed by atoms with Crippen molar-refractivity contribution in [2.24, 2.45) is 5.92 Å². The van der Waals surface area contributed by atoms with Crippen LogP contribution in [-0.2, 0) is 13.0 Å². The van der Waals surface area contributed by atoms with Crippen LogP contribution in [0, 0.1) is 11.7 Å². The van der Waals surface area contributed by atoms with Crippen LogP contribution in [0.25, 0.3) is 0 Å². The maximum Gasteiger partial charge on any atom is 0.273 e. The number of rotatable bonds is 8. The number of benzene rings is 2. The van der Waals surface area contributed by atoms with Gasteiger partial charge in [0.2, 0.25) is 0 Å². The topological polar surface area (TPSA) is 63.1 Å². The van der Waals surface area contributed by atoms with Gasteiger partial charge < -0.3 is 10.2 Å². The van der Waals surface area contributed by atoms with Crippen molar-refractivity contribution < 1.29 is 9.18 Å². The average molecular weight is 422 g/mol. The van der Waals surface area contributed by atoms with Gasteiger partial charge in [-0.3, -0.25) is 4.79 Å². The molecule has 1 fully saturated rings. The number of halogens is 1. The zero-order chi connectivity index (χ0) is 21.5. The van der Waals surface area contributed by atoms with Crippen LogP contribution in [0.2, 0.25) is 0 Å². The molecule has 2 aromatic carbocycles. The molecule has 0 radical (unpaired) electrons. The van der Waals surface area contributed by atoms with E-state index in [2.05, 4.69) is 44.8 Å². The Hall–Kier alpha value is -3.06. The van der Waals surface area contributed by atoms with Gasteiger partial charge >= 0.3 is 0 Å². The zero-order valence-electron chi connectivity index (χ0n) is 17.6. The Morgan fingerprint density at radius 1 is 1.06 bits per heavy atom. The number of nitrogens with one attached hydrogen (secondary N) is 1. The Kier molecular flexibility index (Phi) is 7.04. The van der Waals surface area contributed by atoms with Crippen molar-refractivity contribution in [3.8, 4) is 0 Å². The largest absolute Gasteiger partial charge is 0.350 e. The van der Waals surface area contributed by atoms with E-state index in [0.717, 1.165) is 38.9 Å². The summed E-state index contributed by atoms with van der Waals surface area (Å²) in [5.41, 5.74) is 2.15. The van der Waals surface area contributed by atoms with E-state index in [1.165, 1.54) is 16.3 Å². The van der Waals surface area contributed by atoms with Gasteiger partial charge in [-0.25, -0.2) is 9.07 Å². The van der Waals surface area contributed by atoms with Crippen LogP contribution < -0.4 is 5.32 Å². The summed E-state index contributed by atoms with van der Waals surface area (Å²) in [5, 5.41) is 10.9. The Bertz CT molecular complexity index is 982. The first-order valence-corrected chi connectivity index (χ1v) is 10.9. The number of carbonyl (C=O) groups is 1. The minimum Gasteiger partial charge on any atom is -0.350 e. The number of amides is 1. The summed E-state index contributed by atoms with van der Waals surface area (Å²) < 4.78 is 15.3. The van der Waals surface area contributed by atoms with Gasteiger partial charge in [-0.05, 0) is 49.9 Å². The molecule has 1 aliphatic rings. The average Bonchev–Trinajstić information content (AvgIpc) is 3.28. The van der Waals surface area contributed by atoms with Crippen LogP contribution in [-0.4, -0.2) is 52.0 Å². The predicted molar refractivity (Wildman–Crippen MR) is 117 cm³/mol. The molecule has 1 saturated heterocycles. The Labute approximate surface area is 182 Å². The number of aromatic nitrogens is 3. The molecular weight excluding hydrogens is 393 g/mol. The van der Waals surface area contributed by atoms with Crippen molar-refractivity contribution in [3.63, 3.8) is 0 Å². The third-order valence-corrected chi connectivity index (χ3v) is 5.88. The highest BCUT2D eigenvalue weighted by atomic mass is 19.1. The first-order chi connectivity index (χ1) is 15.2. The lowest BCUT2D eigenvalue weighted by Gasteiger charge is -2.32. The highest BCUT2D eigenvalue weighted by molar-refractivity contribution is 5.91. The first-order valence-electron chi connectivity index (χ1n) is 10.9. The van der Waals surface area contributed by atoms with Crippen LogP contribution in [0.4, 0.5) is 4.39 Å². The lowest BCUT2D eigenvalue weighted by atomic mass is 9.96. The molecule has 0 atom stereocenters. The normalized spacial score (nSPS) is 15.1. The van der Waals surface area contributed by atoms with Crippen LogP contribution in [0.15, 0.2) is 60.8 Å². The van der Waals surface area contributed by atoms with Crippen LogP contribution in [0.1, 0.15) is 34.5 Å². The Morgan fingerprint density at radius 2 is 1.81 bits per heavy atom. The second-order valence-electron chi connectivity index (χ2n) is 8.12. The number of likely N-dealkylation sites (tertiary alicyclic amines) is 1. The van der Waals surface area contributed by atoms with Crippen molar-refractivity contribution >= 4 is 5.91 Å². The minimum atomic E-state index is -0.292. The van der Waals surface area contributed by atoms with Crippen LogP contribution in [0.3, 0.4) is 0 Å². The summed E-state index contributed by atoms with van der Waals surface area (Å²) in [4.78, 5) is 14.9. The van der Waals surface area contributed by atoms with E-state index in [-0.39, 0.29) is 24.0 Å². The highest BCUT2D eigenvalue weighted by Crippen LogP contribution is 2.17. The summed E-state index contributed by atoms with van der Waals surface area (Å²) >= 11 is 0. The molecular formula is C24H28FN5O. The molecule has 1 N–H and O–H groups in total. The molecule has 0 aliphatic carbocycles. The van der Waals surface area contributed by atoms with E-state index in [0.29, 0.717) is 18.0 Å². The summed E-state index contributed by atoms with van der Waals surface area (Å²) in [7, 11) is 0. The smallest absolute Gasteiger partial charge is 0.273 e. The molecule has 31 heavy (non-hydrogen) atoms. The summed E-state index contributed by atoms with van der Waals surface area (Å²) in [6.45, 7) is 4.09. The van der Waals surface area contributed by atoms with Crippen LogP contribution >= 0.6 is 0 Å². The SMILES string of the molecule is O=C(NCC1CCN(CCc2ccccc2)CC1)c1cn(Cc2ccccc2F)nn1. The molecule has 0 spiro atoms. The standard InChI is InChI=1S/C24H28FN5O/c25-22-9-5-4-8-21(22)17-30-18-23(27-28-30)24(31)26-16-20-11-14-29(15-12-20)13-10-19-6-2-1-3-7-19/h1-9,18,20H,10-17H2,(H,26,31). The molecule has 0 unspecified atom stereocenters. The zero-order valence-corrected chi connectivity index (χ0v) is 17.6. The molecule has 0 bridgehead atoms. The van der Waals surface area contributed by atoms with Gasteiger partial charge in [-0.2, -0.15) is 0 Å². The molecule has 1 amide bonds. The van der Waals surface area contributed by atoms with Gasteiger partial charge in [0.15, 0.2) is 5.69 Å². The molecule has 162 valence electrons. The van der Waals surface area contributed by atoms with E-state index in [9.17, 15) is 9.18 Å². The van der Waals surface area contributed by atoms with Gasteiger partial charge in [-0.1, -0.05) is 53.7 Å². The van der Waals surface area contributed by atoms with Crippen molar-refractivity contribution in [2.75, 3.05) is 26.2 Å². The molecule has 6 nitrogen and oxygen atoms in total. The van der Waals surface area contributed by atoms with Gasteiger partial charge in [0.05, 0.1) is 12.7 Å². The number of piperidine rings is 1. The number of hydrogen-bond donors (Lipinski definition) is 1. The molecule has 7 heteroatoms. The molecule has 3 aromatic rings. The summed E-state index contributed by atoms with van der Waals surface area (Å²) in [6, 6.07) is 17.1. The van der Waals surface area contributed by atoms with Gasteiger partial charge in [0.25, 0.3) is 5.91 Å². The maximum atomic E-state index is 13.8. The fraction of sp³-hybridized carbons (Fsp3) is 0.375. The van der Waals surface area contributed by atoms with Crippen molar-refractivity contribution in [1.82, 2.24) is 25.2 Å². The van der Waals surface area contributed by atoms with E-state index >= 15 is 0 Å². The van der Waals surface area contributed by atoms with E-state index in [4.69, 9.17) is 0 Å². The molecule has 4 rings (SSSR count). The third kappa shape index (κ3) is 5.98. The Balaban J connectivity index is 1.18. The highest BCUT2D eigenvalue weighted by Gasteiger charge is 2.20. The van der Waals surface area contributed by atoms with Gasteiger partial charge in [-0.15, -0.1) is 5.10 Å². The van der Waals surface area contributed by atoms with Crippen LogP contribution in [0.5, 0.6) is 0 Å². The van der Waals surface area contributed by atoms with Gasteiger partial charge in [0.1, 0.15) is 5.82 Å². The van der Waals surface area contributed by atoms with E-state index in [1.807, 2.05) is 6.07 Å². The van der Waals surface area contributed by atoms with Crippen molar-refractivity contribution in [3.05, 3.63) is 83.4 Å². The second kappa shape index (κ2) is 10.3. The molecule has 1 aromatic heterocycles. The third-order valence-electron chi connectivity index (χ3n) is 5.88. The van der Waals surface area contributed by atoms with Crippen molar-refractivity contribution in [1.29, 1.82) is 0 Å². The first kappa shape index (κ1) is 21.2. The Morgan fingerprint density at radius 3 is 2.58 bits per heavy atom. The summed E-state index contributed by atoms with van der Waals surface area (Å²) in [6.07, 6.45) is 4.79. The number of nitrogens with zero attached hydrogens (tertiary/aromatic N) is 4. The van der Waals surface area contributed by atoms with Crippen molar-refractivity contribution in [2.45, 2.75) is 25.8 Å². The number of hydrogen-bond acceptors (Lipinski definition) is 4. The lowest BCUT2D eigenvalue weighted by molar-refractivity contribution is 0.0931. The fourth-order valence-electron chi connectivity index (χ4n) is 3.95. The maximum absolute atomic E-state index is 13.8. The predicted octanol–water partition coefficient (Wildman–Crippen LogP) is 3.15. The lowest BCUT2D eigenvalue weighted by Crippen LogP contribution is -2.39. The second-order valence-corrected chi connectivity index (χ2v) is 8.12. The molecule has 0 saturated carbocycles. The fourth-order valence-corrected chi connectivity index (χ4v) is 3.95.